The topological polar surface area (TPSA) is 20.3 Å². The van der Waals surface area contributed by atoms with Crippen LogP contribution >= 0.6 is 0 Å². The van der Waals surface area contributed by atoms with E-state index >= 15 is 0 Å². The van der Waals surface area contributed by atoms with Crippen LogP contribution in [0.2, 0.25) is 0 Å². The molecule has 1 aliphatic carbocycles. The number of ketones is 1. The van der Waals surface area contributed by atoms with Crippen LogP contribution in [0.25, 0.3) is 0 Å². The molecule has 0 bridgehead atoms. The van der Waals surface area contributed by atoms with Crippen molar-refractivity contribution < 1.29 is 4.79 Å². The lowest BCUT2D eigenvalue weighted by molar-refractivity contribution is -0.126. The normalized spacial score (nSPS) is 35.6. The van der Waals surface area contributed by atoms with Gasteiger partial charge in [0.1, 0.15) is 5.78 Å². The number of carbonyl (C=O) groups excluding carboxylic acids is 1. The van der Waals surface area contributed by atoms with Gasteiger partial charge in [0.15, 0.2) is 0 Å². The molecule has 1 saturated heterocycles. The van der Waals surface area contributed by atoms with Crippen molar-refractivity contribution in [2.75, 3.05) is 13.1 Å². The Balaban J connectivity index is 1.95. The highest BCUT2D eigenvalue weighted by Gasteiger charge is 2.36. The Bertz CT molecular complexity index is 272. The van der Waals surface area contributed by atoms with Crippen molar-refractivity contribution in [2.24, 2.45) is 11.8 Å². The van der Waals surface area contributed by atoms with Gasteiger partial charge in [-0.2, -0.15) is 0 Å². The fraction of sp³-hybridized carbons (Fsp3) is 0.929. The lowest BCUT2D eigenvalue weighted by Gasteiger charge is -2.36. The zero-order valence-corrected chi connectivity index (χ0v) is 11.0. The Morgan fingerprint density at radius 3 is 2.81 bits per heavy atom. The molecule has 0 N–H and O–H groups in total. The fourth-order valence-corrected chi connectivity index (χ4v) is 3.27. The van der Waals surface area contributed by atoms with Crippen molar-refractivity contribution >= 4 is 5.78 Å². The van der Waals surface area contributed by atoms with Gasteiger partial charge >= 0.3 is 0 Å². The van der Waals surface area contributed by atoms with E-state index in [2.05, 4.69) is 25.7 Å². The molecule has 0 radical (unpaired) electrons. The molecule has 2 heteroatoms. The SMILES string of the molecule is CC1CCC(=O)C(CN2CCCC2(C)C)C1. The fourth-order valence-electron chi connectivity index (χ4n) is 3.27. The summed E-state index contributed by atoms with van der Waals surface area (Å²) in [6, 6.07) is 0. The molecule has 0 aromatic rings. The van der Waals surface area contributed by atoms with Crippen LogP contribution in [0.15, 0.2) is 0 Å². The molecular formula is C14H25NO. The Kier molecular flexibility index (Phi) is 3.39. The summed E-state index contributed by atoms with van der Waals surface area (Å²) in [6.45, 7) is 9.11. The zero-order valence-electron chi connectivity index (χ0n) is 11.0. The molecule has 1 aliphatic heterocycles. The van der Waals surface area contributed by atoms with Crippen molar-refractivity contribution in [1.82, 2.24) is 4.90 Å². The largest absolute Gasteiger partial charge is 0.299 e. The first-order chi connectivity index (χ1) is 7.49. The maximum atomic E-state index is 11.9. The van der Waals surface area contributed by atoms with Gasteiger partial charge in [0.25, 0.3) is 0 Å². The van der Waals surface area contributed by atoms with Crippen LogP contribution in [0.4, 0.5) is 0 Å². The molecule has 2 rings (SSSR count). The number of rotatable bonds is 2. The van der Waals surface area contributed by atoms with Crippen LogP contribution in [0.1, 0.15) is 52.9 Å². The summed E-state index contributed by atoms with van der Waals surface area (Å²) in [5.74, 6) is 1.58. The van der Waals surface area contributed by atoms with Crippen molar-refractivity contribution in [2.45, 2.75) is 58.4 Å². The third-order valence-electron chi connectivity index (χ3n) is 4.54. The van der Waals surface area contributed by atoms with E-state index in [1.54, 1.807) is 0 Å². The number of likely N-dealkylation sites (tertiary alicyclic amines) is 1. The molecule has 92 valence electrons. The number of carbonyl (C=O) groups is 1. The van der Waals surface area contributed by atoms with E-state index in [-0.39, 0.29) is 0 Å². The molecule has 0 aromatic carbocycles. The van der Waals surface area contributed by atoms with E-state index < -0.39 is 0 Å². The molecule has 0 amide bonds. The van der Waals surface area contributed by atoms with E-state index in [9.17, 15) is 4.79 Å². The second kappa shape index (κ2) is 4.48. The summed E-state index contributed by atoms with van der Waals surface area (Å²) in [5.41, 5.74) is 0.320. The van der Waals surface area contributed by atoms with Gasteiger partial charge in [0.05, 0.1) is 0 Å². The molecular weight excluding hydrogens is 198 g/mol. The summed E-state index contributed by atoms with van der Waals surface area (Å²) in [5, 5.41) is 0. The van der Waals surface area contributed by atoms with Gasteiger partial charge in [0, 0.05) is 24.4 Å². The third-order valence-corrected chi connectivity index (χ3v) is 4.54. The summed E-state index contributed by atoms with van der Waals surface area (Å²) < 4.78 is 0. The number of Topliss-reactive ketones (excluding diaryl/α,β-unsaturated/α-hetero) is 1. The minimum absolute atomic E-state index is 0.320. The smallest absolute Gasteiger partial charge is 0.137 e. The Hall–Kier alpha value is -0.370. The monoisotopic (exact) mass is 223 g/mol. The highest BCUT2D eigenvalue weighted by atomic mass is 16.1. The van der Waals surface area contributed by atoms with Gasteiger partial charge in [-0.25, -0.2) is 0 Å². The average Bonchev–Trinajstić information content (AvgIpc) is 2.52. The second-order valence-electron chi connectivity index (χ2n) is 6.40. The van der Waals surface area contributed by atoms with E-state index in [0.29, 0.717) is 17.2 Å². The summed E-state index contributed by atoms with van der Waals surface area (Å²) >= 11 is 0. The van der Waals surface area contributed by atoms with Crippen molar-refractivity contribution in [3.8, 4) is 0 Å². The highest BCUT2D eigenvalue weighted by molar-refractivity contribution is 5.81. The van der Waals surface area contributed by atoms with Crippen LogP contribution in [0, 0.1) is 11.8 Å². The van der Waals surface area contributed by atoms with E-state index in [1.165, 1.54) is 19.4 Å². The molecule has 2 nitrogen and oxygen atoms in total. The molecule has 2 unspecified atom stereocenters. The van der Waals surface area contributed by atoms with Crippen LogP contribution < -0.4 is 0 Å². The van der Waals surface area contributed by atoms with Crippen molar-refractivity contribution in [3.63, 3.8) is 0 Å². The molecule has 16 heavy (non-hydrogen) atoms. The minimum Gasteiger partial charge on any atom is -0.299 e. The second-order valence-corrected chi connectivity index (χ2v) is 6.40. The summed E-state index contributed by atoms with van der Waals surface area (Å²) in [7, 11) is 0. The highest BCUT2D eigenvalue weighted by Crippen LogP contribution is 2.32. The maximum absolute atomic E-state index is 11.9. The number of hydrogen-bond acceptors (Lipinski definition) is 2. The van der Waals surface area contributed by atoms with Crippen molar-refractivity contribution in [3.05, 3.63) is 0 Å². The Morgan fingerprint density at radius 2 is 2.19 bits per heavy atom. The molecule has 2 atom stereocenters. The van der Waals surface area contributed by atoms with E-state index in [4.69, 9.17) is 0 Å². The predicted octanol–water partition coefficient (Wildman–Crippen LogP) is 2.87. The molecule has 2 fully saturated rings. The molecule has 2 aliphatic rings. The zero-order chi connectivity index (χ0) is 11.8. The first kappa shape index (κ1) is 12.1. The summed E-state index contributed by atoms with van der Waals surface area (Å²) in [6.07, 6.45) is 5.62. The maximum Gasteiger partial charge on any atom is 0.137 e. The standard InChI is InChI=1S/C14H25NO/c1-11-5-6-13(16)12(9-11)10-15-8-4-7-14(15,2)3/h11-12H,4-10H2,1-3H3. The Morgan fingerprint density at radius 1 is 1.44 bits per heavy atom. The Labute approximate surface area is 99.4 Å². The molecule has 0 aromatic heterocycles. The number of nitrogens with zero attached hydrogens (tertiary/aromatic N) is 1. The van der Waals surface area contributed by atoms with Gasteiger partial charge < -0.3 is 0 Å². The van der Waals surface area contributed by atoms with Gasteiger partial charge in [-0.3, -0.25) is 9.69 Å². The predicted molar refractivity (Wildman–Crippen MR) is 66.4 cm³/mol. The molecule has 1 saturated carbocycles. The van der Waals surface area contributed by atoms with Gasteiger partial charge in [0.2, 0.25) is 0 Å². The van der Waals surface area contributed by atoms with Crippen LogP contribution in [-0.4, -0.2) is 29.3 Å². The summed E-state index contributed by atoms with van der Waals surface area (Å²) in [4.78, 5) is 14.4. The van der Waals surface area contributed by atoms with Crippen LogP contribution in [0.3, 0.4) is 0 Å². The lowest BCUT2D eigenvalue weighted by atomic mass is 9.81. The van der Waals surface area contributed by atoms with Crippen LogP contribution in [0.5, 0.6) is 0 Å². The van der Waals surface area contributed by atoms with Gasteiger partial charge in [-0.1, -0.05) is 6.92 Å². The van der Waals surface area contributed by atoms with E-state index in [1.807, 2.05) is 0 Å². The number of hydrogen-bond donors (Lipinski definition) is 0. The lowest BCUT2D eigenvalue weighted by Crippen LogP contribution is -2.44. The van der Waals surface area contributed by atoms with E-state index in [0.717, 1.165) is 31.7 Å². The first-order valence-electron chi connectivity index (χ1n) is 6.77. The first-order valence-corrected chi connectivity index (χ1v) is 6.77. The quantitative estimate of drug-likeness (QED) is 0.717. The van der Waals surface area contributed by atoms with Gasteiger partial charge in [-0.15, -0.1) is 0 Å². The van der Waals surface area contributed by atoms with Crippen LogP contribution in [-0.2, 0) is 4.79 Å². The average molecular weight is 223 g/mol. The van der Waals surface area contributed by atoms with Crippen molar-refractivity contribution in [1.29, 1.82) is 0 Å². The minimum atomic E-state index is 0.320. The van der Waals surface area contributed by atoms with Gasteiger partial charge in [-0.05, 0) is 52.0 Å². The molecule has 0 spiro atoms. The molecule has 1 heterocycles. The third kappa shape index (κ3) is 2.48.